The molecule has 0 aromatic heterocycles. The van der Waals surface area contributed by atoms with Crippen LogP contribution in [-0.2, 0) is 0 Å². The van der Waals surface area contributed by atoms with Gasteiger partial charge in [0.25, 0.3) is 0 Å². The van der Waals surface area contributed by atoms with E-state index in [0.29, 0.717) is 11.6 Å². The fourth-order valence-electron chi connectivity index (χ4n) is 4.29. The fourth-order valence-corrected chi connectivity index (χ4v) is 5.55. The average Bonchev–Trinajstić information content (AvgIpc) is 3.06. The molecule has 2 aliphatic carbocycles. The van der Waals surface area contributed by atoms with Crippen LogP contribution in [0.25, 0.3) is 0 Å². The molecule has 2 heterocycles. The first-order valence-corrected chi connectivity index (χ1v) is 9.44. The van der Waals surface area contributed by atoms with Gasteiger partial charge in [0.1, 0.15) is 0 Å². The summed E-state index contributed by atoms with van der Waals surface area (Å²) in [6, 6.07) is 1.47. The summed E-state index contributed by atoms with van der Waals surface area (Å²) in [6.07, 6.45) is 9.63. The summed E-state index contributed by atoms with van der Waals surface area (Å²) in [4.78, 5) is 7.70. The molecule has 0 aromatic carbocycles. The van der Waals surface area contributed by atoms with Crippen molar-refractivity contribution in [2.45, 2.75) is 69.5 Å². The lowest BCUT2D eigenvalue weighted by atomic mass is 9.78. The van der Waals surface area contributed by atoms with Crippen LogP contribution in [0.15, 0.2) is 4.99 Å². The third-order valence-electron chi connectivity index (χ3n) is 5.51. The van der Waals surface area contributed by atoms with Crippen LogP contribution < -0.4 is 5.32 Å². The molecule has 4 aliphatic rings. The normalized spacial score (nSPS) is 44.4. The zero-order chi connectivity index (χ0) is 13.6. The first-order chi connectivity index (χ1) is 9.72. The van der Waals surface area contributed by atoms with Crippen LogP contribution in [0.3, 0.4) is 0 Å². The van der Waals surface area contributed by atoms with E-state index in [1.165, 1.54) is 69.0 Å². The lowest BCUT2D eigenvalue weighted by Crippen LogP contribution is -2.47. The minimum Gasteiger partial charge on any atom is -0.359 e. The van der Waals surface area contributed by atoms with Gasteiger partial charge in [0.2, 0.25) is 0 Å². The van der Waals surface area contributed by atoms with Crippen LogP contribution in [0.4, 0.5) is 0 Å². The van der Waals surface area contributed by atoms with Crippen molar-refractivity contribution in [1.82, 2.24) is 10.2 Å². The van der Waals surface area contributed by atoms with E-state index in [0.717, 1.165) is 12.0 Å². The second-order valence-corrected chi connectivity index (χ2v) is 8.46. The summed E-state index contributed by atoms with van der Waals surface area (Å²) >= 11 is 1.98. The topological polar surface area (TPSA) is 27.6 Å². The number of hydrogen-bond donors (Lipinski definition) is 1. The molecule has 3 unspecified atom stereocenters. The first kappa shape index (κ1) is 13.4. The van der Waals surface area contributed by atoms with Crippen LogP contribution in [-0.4, -0.2) is 46.5 Å². The molecular weight excluding hydrogens is 266 g/mol. The Morgan fingerprint density at radius 2 is 2.20 bits per heavy atom. The van der Waals surface area contributed by atoms with Gasteiger partial charge in [-0.3, -0.25) is 9.89 Å². The van der Waals surface area contributed by atoms with E-state index in [9.17, 15) is 0 Å². The molecule has 0 radical (unpaired) electrons. The number of thioether (sulfide) groups is 1. The lowest BCUT2D eigenvalue weighted by Gasteiger charge is -2.36. The first-order valence-electron chi connectivity index (χ1n) is 8.45. The molecule has 1 N–H and O–H groups in total. The van der Waals surface area contributed by atoms with Gasteiger partial charge in [-0.1, -0.05) is 31.5 Å². The molecular formula is C16H27N3S. The maximum absolute atomic E-state index is 5.04. The highest BCUT2D eigenvalue weighted by atomic mass is 32.2. The molecule has 3 nitrogen and oxygen atoms in total. The Hall–Kier alpha value is -0.220. The highest BCUT2D eigenvalue weighted by Gasteiger charge is 2.41. The summed E-state index contributed by atoms with van der Waals surface area (Å²) in [5.74, 6) is 2.13. The number of rotatable bonds is 2. The summed E-state index contributed by atoms with van der Waals surface area (Å²) in [5, 5.41) is 5.07. The van der Waals surface area contributed by atoms with E-state index in [2.05, 4.69) is 17.1 Å². The van der Waals surface area contributed by atoms with Crippen molar-refractivity contribution in [3.05, 3.63) is 0 Å². The van der Waals surface area contributed by atoms with Crippen LogP contribution in [0, 0.1) is 5.92 Å². The van der Waals surface area contributed by atoms with Crippen molar-refractivity contribution < 1.29 is 0 Å². The lowest BCUT2D eigenvalue weighted by molar-refractivity contribution is 0.242. The zero-order valence-electron chi connectivity index (χ0n) is 12.6. The molecule has 1 spiro atoms. The molecule has 112 valence electrons. The molecule has 2 saturated carbocycles. The SMILES string of the molecule is CC1CCCC2(CSC(=NC3CCN(C4CC4)C3)N2)C1. The molecule has 4 fully saturated rings. The number of hydrogen-bond acceptors (Lipinski definition) is 3. The zero-order valence-corrected chi connectivity index (χ0v) is 13.4. The maximum atomic E-state index is 5.04. The van der Waals surface area contributed by atoms with Crippen LogP contribution in [0.1, 0.15) is 51.9 Å². The number of amidine groups is 1. The number of aliphatic imine (C=N–C) groups is 1. The Morgan fingerprint density at radius 3 is 3.00 bits per heavy atom. The minimum atomic E-state index is 0.385. The third-order valence-corrected chi connectivity index (χ3v) is 6.68. The summed E-state index contributed by atoms with van der Waals surface area (Å²) in [5.41, 5.74) is 0.385. The minimum absolute atomic E-state index is 0.385. The van der Waals surface area contributed by atoms with Gasteiger partial charge in [-0.2, -0.15) is 0 Å². The van der Waals surface area contributed by atoms with Crippen molar-refractivity contribution in [3.8, 4) is 0 Å². The predicted octanol–water partition coefficient (Wildman–Crippen LogP) is 2.86. The summed E-state index contributed by atoms with van der Waals surface area (Å²) in [7, 11) is 0. The molecule has 2 saturated heterocycles. The van der Waals surface area contributed by atoms with Gasteiger partial charge in [0, 0.05) is 30.4 Å². The molecule has 4 heteroatoms. The Labute approximate surface area is 127 Å². The summed E-state index contributed by atoms with van der Waals surface area (Å²) < 4.78 is 0. The van der Waals surface area contributed by atoms with E-state index in [-0.39, 0.29) is 0 Å². The molecule has 0 aromatic rings. The Morgan fingerprint density at radius 1 is 1.30 bits per heavy atom. The van der Waals surface area contributed by atoms with Crippen molar-refractivity contribution in [2.24, 2.45) is 10.9 Å². The van der Waals surface area contributed by atoms with Crippen LogP contribution in [0.5, 0.6) is 0 Å². The van der Waals surface area contributed by atoms with E-state index in [1.54, 1.807) is 0 Å². The van der Waals surface area contributed by atoms with Gasteiger partial charge < -0.3 is 5.32 Å². The van der Waals surface area contributed by atoms with E-state index < -0.39 is 0 Å². The summed E-state index contributed by atoms with van der Waals surface area (Å²) in [6.45, 7) is 4.89. The van der Waals surface area contributed by atoms with Crippen molar-refractivity contribution in [3.63, 3.8) is 0 Å². The van der Waals surface area contributed by atoms with Crippen molar-refractivity contribution in [1.29, 1.82) is 0 Å². The number of likely N-dealkylation sites (tertiary alicyclic amines) is 1. The monoisotopic (exact) mass is 293 g/mol. The van der Waals surface area contributed by atoms with E-state index >= 15 is 0 Å². The average molecular weight is 293 g/mol. The molecule has 4 rings (SSSR count). The highest BCUT2D eigenvalue weighted by Crippen LogP contribution is 2.39. The van der Waals surface area contributed by atoms with Gasteiger partial charge >= 0.3 is 0 Å². The predicted molar refractivity (Wildman–Crippen MR) is 86.4 cm³/mol. The Kier molecular flexibility index (Phi) is 3.50. The fraction of sp³-hybridized carbons (Fsp3) is 0.938. The van der Waals surface area contributed by atoms with Gasteiger partial charge in [-0.05, 0) is 38.0 Å². The second kappa shape index (κ2) is 5.20. The molecule has 0 bridgehead atoms. The highest BCUT2D eigenvalue weighted by molar-refractivity contribution is 8.14. The van der Waals surface area contributed by atoms with Gasteiger partial charge in [-0.25, -0.2) is 0 Å². The largest absolute Gasteiger partial charge is 0.359 e. The quantitative estimate of drug-likeness (QED) is 0.848. The smallest absolute Gasteiger partial charge is 0.157 e. The molecule has 20 heavy (non-hydrogen) atoms. The van der Waals surface area contributed by atoms with Gasteiger partial charge in [0.05, 0.1) is 6.04 Å². The Bertz CT molecular complexity index is 407. The van der Waals surface area contributed by atoms with Crippen LogP contribution in [0.2, 0.25) is 0 Å². The van der Waals surface area contributed by atoms with Gasteiger partial charge in [0.15, 0.2) is 5.17 Å². The standard InChI is InChI=1S/C16H27N3S/c1-12-3-2-7-16(9-12)11-20-15(18-16)17-13-6-8-19(10-13)14-4-5-14/h12-14H,2-11H2,1H3,(H,17,18). The third kappa shape index (κ3) is 2.74. The number of nitrogens with one attached hydrogen (secondary N) is 1. The number of nitrogens with zero attached hydrogens (tertiary/aromatic N) is 2. The molecule has 3 atom stereocenters. The van der Waals surface area contributed by atoms with Crippen molar-refractivity contribution in [2.75, 3.05) is 18.8 Å². The van der Waals surface area contributed by atoms with Crippen molar-refractivity contribution >= 4 is 16.9 Å². The van der Waals surface area contributed by atoms with E-state index in [4.69, 9.17) is 4.99 Å². The van der Waals surface area contributed by atoms with E-state index in [1.807, 2.05) is 11.8 Å². The maximum Gasteiger partial charge on any atom is 0.157 e. The Balaban J connectivity index is 1.37. The van der Waals surface area contributed by atoms with Gasteiger partial charge in [-0.15, -0.1) is 0 Å². The van der Waals surface area contributed by atoms with Crippen LogP contribution >= 0.6 is 11.8 Å². The molecule has 0 amide bonds. The second-order valence-electron chi connectivity index (χ2n) is 7.50. The molecule has 2 aliphatic heterocycles.